The van der Waals surface area contributed by atoms with Gasteiger partial charge in [0.1, 0.15) is 0 Å². The van der Waals surface area contributed by atoms with Gasteiger partial charge < -0.3 is 4.90 Å². The lowest BCUT2D eigenvalue weighted by Gasteiger charge is -2.32. The van der Waals surface area contributed by atoms with Crippen LogP contribution in [0.2, 0.25) is 0 Å². The summed E-state index contributed by atoms with van der Waals surface area (Å²) < 4.78 is 0. The molecule has 0 unspecified atom stereocenters. The Hall–Kier alpha value is -7.00. The standard InChI is InChI=1S/C57H43NSi/c1-57(2)51-38-43(41-20-9-4-10-21-41)32-36-48(51)49-37-35-45(39-52(49)57)58(44-33-30-42(31-34-44)40-18-7-3-8-19-40)53-27-17-29-55-56(53)50-26-15-16-28-54(50)59(55,46-22-11-5-12-23-46)47-24-13-6-14-25-47/h3-39H,1-2H3. The van der Waals surface area contributed by atoms with Crippen LogP contribution in [0.5, 0.6) is 0 Å². The third-order valence-electron chi connectivity index (χ3n) is 13.0. The number of fused-ring (bicyclic) bond motifs is 6. The lowest BCUT2D eigenvalue weighted by molar-refractivity contribution is 0.660. The fourth-order valence-electron chi connectivity index (χ4n) is 10.2. The van der Waals surface area contributed by atoms with Crippen LogP contribution in [0.4, 0.5) is 17.1 Å². The number of hydrogen-bond acceptors (Lipinski definition) is 1. The van der Waals surface area contributed by atoms with E-state index in [9.17, 15) is 0 Å². The number of anilines is 3. The predicted octanol–water partition coefficient (Wildman–Crippen LogP) is 12.2. The van der Waals surface area contributed by atoms with E-state index in [4.69, 9.17) is 0 Å². The molecule has 280 valence electrons. The van der Waals surface area contributed by atoms with Crippen molar-refractivity contribution in [1.82, 2.24) is 0 Å². The average molecular weight is 770 g/mol. The zero-order chi connectivity index (χ0) is 39.6. The fraction of sp³-hybridized carbons (Fsp3) is 0.0526. The van der Waals surface area contributed by atoms with Gasteiger partial charge in [0.2, 0.25) is 0 Å². The van der Waals surface area contributed by atoms with E-state index in [0.717, 1.165) is 11.4 Å². The van der Waals surface area contributed by atoms with Gasteiger partial charge in [0, 0.05) is 22.4 Å². The van der Waals surface area contributed by atoms with Crippen molar-refractivity contribution in [2.24, 2.45) is 0 Å². The largest absolute Gasteiger partial charge is 0.310 e. The Morgan fingerprint density at radius 3 is 1.47 bits per heavy atom. The van der Waals surface area contributed by atoms with Crippen molar-refractivity contribution < 1.29 is 0 Å². The van der Waals surface area contributed by atoms with E-state index < -0.39 is 8.07 Å². The zero-order valence-corrected chi connectivity index (χ0v) is 34.3. The maximum Gasteiger partial charge on any atom is 0.180 e. The summed E-state index contributed by atoms with van der Waals surface area (Å²) in [5.41, 5.74) is 16.2. The molecule has 0 spiro atoms. The number of hydrogen-bond donors (Lipinski definition) is 0. The summed E-state index contributed by atoms with van der Waals surface area (Å²) in [7, 11) is -2.70. The molecular weight excluding hydrogens is 727 g/mol. The van der Waals surface area contributed by atoms with E-state index in [1.807, 2.05) is 0 Å². The lowest BCUT2D eigenvalue weighted by atomic mass is 9.81. The lowest BCUT2D eigenvalue weighted by Crippen LogP contribution is -2.72. The summed E-state index contributed by atoms with van der Waals surface area (Å²) in [6, 6.07) is 83.7. The molecule has 2 heteroatoms. The van der Waals surface area contributed by atoms with Crippen LogP contribution in [-0.4, -0.2) is 8.07 Å². The number of benzene rings is 9. The van der Waals surface area contributed by atoms with Crippen molar-refractivity contribution in [3.05, 3.63) is 236 Å². The summed E-state index contributed by atoms with van der Waals surface area (Å²) in [5, 5.41) is 5.68. The van der Waals surface area contributed by atoms with Gasteiger partial charge in [-0.25, -0.2) is 0 Å². The second-order valence-corrected chi connectivity index (χ2v) is 20.2. The van der Waals surface area contributed by atoms with Crippen molar-refractivity contribution in [2.75, 3.05) is 4.90 Å². The van der Waals surface area contributed by atoms with E-state index in [0.29, 0.717) is 0 Å². The van der Waals surface area contributed by atoms with Crippen molar-refractivity contribution in [3.63, 3.8) is 0 Å². The van der Waals surface area contributed by atoms with Crippen LogP contribution in [0.25, 0.3) is 44.5 Å². The Kier molecular flexibility index (Phi) is 8.25. The molecule has 1 nitrogen and oxygen atoms in total. The Bertz CT molecular complexity index is 2950. The maximum absolute atomic E-state index is 2.70. The Labute approximate surface area is 348 Å². The molecule has 9 aromatic carbocycles. The van der Waals surface area contributed by atoms with Crippen LogP contribution in [-0.2, 0) is 5.41 Å². The second kappa shape index (κ2) is 13.8. The van der Waals surface area contributed by atoms with Crippen molar-refractivity contribution in [1.29, 1.82) is 0 Å². The summed E-state index contributed by atoms with van der Waals surface area (Å²) in [6.07, 6.45) is 0. The maximum atomic E-state index is 2.53. The van der Waals surface area contributed by atoms with Gasteiger partial charge >= 0.3 is 0 Å². The van der Waals surface area contributed by atoms with Gasteiger partial charge in [-0.3, -0.25) is 0 Å². The van der Waals surface area contributed by atoms with Crippen molar-refractivity contribution >= 4 is 45.9 Å². The molecule has 9 aromatic rings. The van der Waals surface area contributed by atoms with E-state index in [1.165, 1.54) is 82.1 Å². The topological polar surface area (TPSA) is 3.24 Å². The van der Waals surface area contributed by atoms with Crippen LogP contribution >= 0.6 is 0 Å². The number of rotatable bonds is 7. The van der Waals surface area contributed by atoms with Crippen LogP contribution < -0.4 is 25.6 Å². The first-order chi connectivity index (χ1) is 29.0. The highest BCUT2D eigenvalue weighted by molar-refractivity contribution is 7.22. The summed E-state index contributed by atoms with van der Waals surface area (Å²) >= 11 is 0. The summed E-state index contributed by atoms with van der Waals surface area (Å²) in [4.78, 5) is 2.53. The van der Waals surface area contributed by atoms with Gasteiger partial charge in [-0.2, -0.15) is 0 Å². The van der Waals surface area contributed by atoms with Crippen LogP contribution in [0, 0.1) is 0 Å². The zero-order valence-electron chi connectivity index (χ0n) is 33.3. The van der Waals surface area contributed by atoms with Gasteiger partial charge in [0.05, 0.1) is 5.69 Å². The van der Waals surface area contributed by atoms with Crippen LogP contribution in [0.1, 0.15) is 25.0 Å². The Morgan fingerprint density at radius 2 is 0.831 bits per heavy atom. The molecule has 0 N–H and O–H groups in total. The minimum atomic E-state index is -2.70. The smallest absolute Gasteiger partial charge is 0.180 e. The molecule has 1 aliphatic heterocycles. The molecule has 11 rings (SSSR count). The SMILES string of the molecule is CC1(C)c2cc(-c3ccccc3)ccc2-c2ccc(N(c3ccc(-c4ccccc4)cc3)c3cccc4c3-c3ccccc3[Si]4(c3ccccc3)c3ccccc3)cc21. The van der Waals surface area contributed by atoms with E-state index in [-0.39, 0.29) is 5.41 Å². The minimum Gasteiger partial charge on any atom is -0.310 e. The molecule has 1 aliphatic carbocycles. The molecular formula is C57H43NSi. The number of nitrogens with zero attached hydrogens (tertiary/aromatic N) is 1. The van der Waals surface area contributed by atoms with Crippen molar-refractivity contribution in [3.8, 4) is 44.5 Å². The Balaban J connectivity index is 1.14. The highest BCUT2D eigenvalue weighted by Gasteiger charge is 2.49. The molecule has 0 atom stereocenters. The van der Waals surface area contributed by atoms with Gasteiger partial charge in [0.25, 0.3) is 0 Å². The molecule has 0 amide bonds. The summed E-state index contributed by atoms with van der Waals surface area (Å²) in [5.74, 6) is 0. The molecule has 0 aromatic heterocycles. The summed E-state index contributed by atoms with van der Waals surface area (Å²) in [6.45, 7) is 4.79. The first-order valence-corrected chi connectivity index (χ1v) is 22.7. The molecule has 0 radical (unpaired) electrons. The Morgan fingerprint density at radius 1 is 0.356 bits per heavy atom. The molecule has 0 fully saturated rings. The van der Waals surface area contributed by atoms with Crippen LogP contribution in [0.15, 0.2) is 224 Å². The van der Waals surface area contributed by atoms with E-state index >= 15 is 0 Å². The monoisotopic (exact) mass is 769 g/mol. The van der Waals surface area contributed by atoms with Gasteiger partial charge in [-0.05, 0) is 107 Å². The normalized spacial score (nSPS) is 13.9. The van der Waals surface area contributed by atoms with E-state index in [1.54, 1.807) is 0 Å². The second-order valence-electron chi connectivity index (χ2n) is 16.5. The highest BCUT2D eigenvalue weighted by Crippen LogP contribution is 2.52. The third kappa shape index (κ3) is 5.44. The molecule has 0 saturated heterocycles. The first-order valence-electron chi connectivity index (χ1n) is 20.7. The predicted molar refractivity (Wildman–Crippen MR) is 252 cm³/mol. The molecule has 0 saturated carbocycles. The molecule has 0 bridgehead atoms. The highest BCUT2D eigenvalue weighted by atomic mass is 28.3. The quantitative estimate of drug-likeness (QED) is 0.146. The molecule has 1 heterocycles. The minimum absolute atomic E-state index is 0.192. The van der Waals surface area contributed by atoms with Gasteiger partial charge in [-0.1, -0.05) is 202 Å². The van der Waals surface area contributed by atoms with Crippen molar-refractivity contribution in [2.45, 2.75) is 19.3 Å². The third-order valence-corrected chi connectivity index (χ3v) is 17.8. The van der Waals surface area contributed by atoms with Gasteiger partial charge in [-0.15, -0.1) is 0 Å². The van der Waals surface area contributed by atoms with Gasteiger partial charge in [0.15, 0.2) is 8.07 Å². The molecule has 59 heavy (non-hydrogen) atoms. The van der Waals surface area contributed by atoms with Crippen LogP contribution in [0.3, 0.4) is 0 Å². The fourth-order valence-corrected chi connectivity index (χ4v) is 15.4. The molecule has 2 aliphatic rings. The average Bonchev–Trinajstić information content (AvgIpc) is 3.73. The van der Waals surface area contributed by atoms with E-state index in [2.05, 4.69) is 243 Å². The first kappa shape index (κ1) is 35.2.